The van der Waals surface area contributed by atoms with Gasteiger partial charge in [0, 0.05) is 25.2 Å². The van der Waals surface area contributed by atoms with E-state index in [0.717, 1.165) is 25.1 Å². The molecule has 2 aromatic heterocycles. The third kappa shape index (κ3) is 4.45. The van der Waals surface area contributed by atoms with E-state index in [0.29, 0.717) is 11.4 Å². The molecule has 1 aromatic carbocycles. The minimum Gasteiger partial charge on any atom is -0.494 e. The Morgan fingerprint density at radius 2 is 2.00 bits per heavy atom. The number of hydrogen-bond acceptors (Lipinski definition) is 7. The van der Waals surface area contributed by atoms with Crippen LogP contribution in [-0.4, -0.2) is 43.8 Å². The number of para-hydroxylation sites is 1. The lowest BCUT2D eigenvalue weighted by Crippen LogP contribution is -2.27. The van der Waals surface area contributed by atoms with Crippen molar-refractivity contribution in [2.45, 2.75) is 18.8 Å². The van der Waals surface area contributed by atoms with Crippen molar-refractivity contribution in [3.05, 3.63) is 42.4 Å². The molecule has 1 saturated carbocycles. The highest BCUT2D eigenvalue weighted by molar-refractivity contribution is 5.94. The van der Waals surface area contributed by atoms with Crippen LogP contribution in [0.3, 0.4) is 0 Å². The molecule has 2 heterocycles. The number of aliphatic carboxylic acids is 1. The molecular weight excluding hydrogens is 438 g/mol. The second-order valence-electron chi connectivity index (χ2n) is 7.51. The van der Waals surface area contributed by atoms with Gasteiger partial charge in [0.25, 0.3) is 0 Å². The van der Waals surface area contributed by atoms with E-state index in [2.05, 4.69) is 25.7 Å². The van der Waals surface area contributed by atoms with Crippen LogP contribution in [0, 0.1) is 5.92 Å². The highest BCUT2D eigenvalue weighted by atomic mass is 19.3. The number of carbonyl (C=O) groups excluding carboxylic acids is 1. The lowest BCUT2D eigenvalue weighted by atomic mass is 10.1. The third-order valence-corrected chi connectivity index (χ3v) is 5.04. The van der Waals surface area contributed by atoms with Crippen LogP contribution in [-0.2, 0) is 22.6 Å². The van der Waals surface area contributed by atoms with Gasteiger partial charge in [-0.2, -0.15) is 13.9 Å². The van der Waals surface area contributed by atoms with Gasteiger partial charge in [-0.3, -0.25) is 9.48 Å². The Morgan fingerprint density at radius 1 is 1.24 bits per heavy atom. The number of halogens is 2. The van der Waals surface area contributed by atoms with Crippen LogP contribution < -0.4 is 15.4 Å². The molecule has 1 aliphatic rings. The van der Waals surface area contributed by atoms with Gasteiger partial charge in [0.1, 0.15) is 12.1 Å². The van der Waals surface area contributed by atoms with Gasteiger partial charge in [0.2, 0.25) is 5.91 Å². The molecule has 172 valence electrons. The van der Waals surface area contributed by atoms with Crippen LogP contribution in [0.5, 0.6) is 5.75 Å². The number of alkyl halides is 2. The van der Waals surface area contributed by atoms with E-state index in [1.807, 2.05) is 0 Å². The van der Waals surface area contributed by atoms with E-state index in [1.165, 1.54) is 18.1 Å². The molecule has 0 saturated heterocycles. The first-order valence-electron chi connectivity index (χ1n) is 9.93. The maximum Gasteiger partial charge on any atom is 0.379 e. The van der Waals surface area contributed by atoms with E-state index in [-0.39, 0.29) is 34.8 Å². The molecule has 0 unspecified atom stereocenters. The molecule has 0 spiro atoms. The zero-order valence-corrected chi connectivity index (χ0v) is 17.7. The first-order valence-corrected chi connectivity index (χ1v) is 9.93. The minimum atomic E-state index is -4.23. The number of rotatable bonds is 8. The summed E-state index contributed by atoms with van der Waals surface area (Å²) in [6.45, 7) is 0. The Bertz CT molecular complexity index is 1230. The summed E-state index contributed by atoms with van der Waals surface area (Å²) in [5.41, 5.74) is -0.378. The Kier molecular flexibility index (Phi) is 5.66. The average molecular weight is 458 g/mol. The largest absolute Gasteiger partial charge is 0.494 e. The number of nitrogens with zero attached hydrogens (tertiary/aromatic N) is 4. The molecule has 12 heteroatoms. The number of methoxy groups -OCH3 is 1. The number of anilines is 3. The van der Waals surface area contributed by atoms with Gasteiger partial charge in [-0.15, -0.1) is 0 Å². The molecule has 10 nitrogen and oxygen atoms in total. The predicted molar refractivity (Wildman–Crippen MR) is 113 cm³/mol. The summed E-state index contributed by atoms with van der Waals surface area (Å²) in [5.74, 6) is -6.35. The molecule has 0 aliphatic heterocycles. The fourth-order valence-electron chi connectivity index (χ4n) is 3.21. The van der Waals surface area contributed by atoms with Crippen LogP contribution in [0.15, 0.2) is 36.8 Å². The maximum absolute atomic E-state index is 14.5. The van der Waals surface area contributed by atoms with E-state index >= 15 is 0 Å². The second kappa shape index (κ2) is 8.45. The third-order valence-electron chi connectivity index (χ3n) is 5.04. The smallest absolute Gasteiger partial charge is 0.379 e. The van der Waals surface area contributed by atoms with Crippen molar-refractivity contribution in [1.29, 1.82) is 0 Å². The molecule has 1 amide bonds. The summed E-state index contributed by atoms with van der Waals surface area (Å²) >= 11 is 0. The molecule has 3 aromatic rings. The molecule has 1 aliphatic carbocycles. The lowest BCUT2D eigenvalue weighted by Gasteiger charge is -2.20. The fourth-order valence-corrected chi connectivity index (χ4v) is 3.21. The van der Waals surface area contributed by atoms with Crippen LogP contribution in [0.2, 0.25) is 0 Å². The van der Waals surface area contributed by atoms with E-state index < -0.39 is 17.5 Å². The summed E-state index contributed by atoms with van der Waals surface area (Å²) in [5, 5.41) is 18.7. The summed E-state index contributed by atoms with van der Waals surface area (Å²) < 4.78 is 35.9. The van der Waals surface area contributed by atoms with Crippen LogP contribution in [0.1, 0.15) is 18.4 Å². The number of carboxylic acid groups (broad SMARTS) is 1. The Labute approximate surface area is 186 Å². The van der Waals surface area contributed by atoms with E-state index in [4.69, 9.17) is 9.84 Å². The number of nitrogens with one attached hydrogen (secondary N) is 2. The number of carbonyl (C=O) groups is 2. The standard InChI is InChI=1S/C21H20F2N6O4/c1-29-10-25-18(28-29)12-4-3-5-14(17(12)33-2)26-15-8-16(27-19(30)11-6-7-11)24-9-13(15)21(22,23)20(31)32/h3-5,8-11H,6-7H2,1-2H3,(H,31,32)(H2,24,26,27,30). The van der Waals surface area contributed by atoms with Crippen molar-refractivity contribution in [2.75, 3.05) is 17.7 Å². The molecule has 0 atom stereocenters. The summed E-state index contributed by atoms with van der Waals surface area (Å²) in [6, 6.07) is 6.07. The Hall–Kier alpha value is -4.09. The van der Waals surface area contributed by atoms with Crippen molar-refractivity contribution in [1.82, 2.24) is 19.7 Å². The topological polar surface area (TPSA) is 131 Å². The molecule has 33 heavy (non-hydrogen) atoms. The van der Waals surface area contributed by atoms with Crippen molar-refractivity contribution in [3.63, 3.8) is 0 Å². The van der Waals surface area contributed by atoms with Gasteiger partial charge in [-0.25, -0.2) is 14.8 Å². The van der Waals surface area contributed by atoms with E-state index in [9.17, 15) is 18.4 Å². The van der Waals surface area contributed by atoms with Crippen LogP contribution in [0.4, 0.5) is 26.0 Å². The van der Waals surface area contributed by atoms with Gasteiger partial charge in [0.05, 0.1) is 29.6 Å². The summed E-state index contributed by atoms with van der Waals surface area (Å²) in [6.07, 6.45) is 3.73. The second-order valence-corrected chi connectivity index (χ2v) is 7.51. The van der Waals surface area contributed by atoms with Crippen molar-refractivity contribution in [3.8, 4) is 17.1 Å². The predicted octanol–water partition coefficient (Wildman–Crippen LogP) is 3.15. The zero-order chi connectivity index (χ0) is 23.8. The first kappa shape index (κ1) is 22.1. The Balaban J connectivity index is 1.77. The van der Waals surface area contributed by atoms with E-state index in [1.54, 1.807) is 25.2 Å². The Morgan fingerprint density at radius 3 is 2.61 bits per heavy atom. The van der Waals surface area contributed by atoms with Gasteiger partial charge < -0.3 is 20.5 Å². The highest BCUT2D eigenvalue weighted by Gasteiger charge is 2.44. The normalized spacial score (nSPS) is 13.5. The number of aromatic nitrogens is 4. The van der Waals surface area contributed by atoms with Crippen LogP contribution >= 0.6 is 0 Å². The van der Waals surface area contributed by atoms with Gasteiger partial charge in [-0.1, -0.05) is 6.07 Å². The number of pyridine rings is 1. The molecule has 1 fully saturated rings. The van der Waals surface area contributed by atoms with Crippen LogP contribution in [0.25, 0.3) is 11.4 Å². The lowest BCUT2D eigenvalue weighted by molar-refractivity contribution is -0.166. The summed E-state index contributed by atoms with van der Waals surface area (Å²) in [4.78, 5) is 31.3. The van der Waals surface area contributed by atoms with Crippen molar-refractivity contribution >= 4 is 29.1 Å². The highest BCUT2D eigenvalue weighted by Crippen LogP contribution is 2.40. The number of carboxylic acids is 1. The zero-order valence-electron chi connectivity index (χ0n) is 17.7. The van der Waals surface area contributed by atoms with Crippen molar-refractivity contribution in [2.24, 2.45) is 13.0 Å². The molecule has 0 radical (unpaired) electrons. The first-order chi connectivity index (χ1) is 15.7. The number of aryl methyl sites for hydroxylation is 1. The summed E-state index contributed by atoms with van der Waals surface area (Å²) in [7, 11) is 3.09. The SMILES string of the molecule is COc1c(Nc2cc(NC(=O)C3CC3)ncc2C(F)(F)C(=O)O)cccc1-c1ncn(C)n1. The minimum absolute atomic E-state index is 0.0147. The quantitative estimate of drug-likeness (QED) is 0.469. The van der Waals surface area contributed by atoms with Gasteiger partial charge in [0.15, 0.2) is 11.6 Å². The number of benzene rings is 1. The molecular formula is C21H20F2N6O4. The van der Waals surface area contributed by atoms with Gasteiger partial charge >= 0.3 is 11.9 Å². The monoisotopic (exact) mass is 458 g/mol. The fraction of sp³-hybridized carbons (Fsp3) is 0.286. The maximum atomic E-state index is 14.5. The molecule has 3 N–H and O–H groups in total. The van der Waals surface area contributed by atoms with Gasteiger partial charge in [-0.05, 0) is 25.0 Å². The number of amides is 1. The number of ether oxygens (including phenoxy) is 1. The molecule has 4 rings (SSSR count). The van der Waals surface area contributed by atoms with Crippen molar-refractivity contribution < 1.29 is 28.2 Å². The average Bonchev–Trinajstić information content (AvgIpc) is 3.54. The molecule has 0 bridgehead atoms. The number of hydrogen-bond donors (Lipinski definition) is 3.